The summed E-state index contributed by atoms with van der Waals surface area (Å²) in [5.41, 5.74) is 0.626. The third-order valence-electron chi connectivity index (χ3n) is 2.93. The van der Waals surface area contributed by atoms with Crippen LogP contribution in [0.15, 0.2) is 29.2 Å². The maximum Gasteiger partial charge on any atom is 0.341 e. The lowest BCUT2D eigenvalue weighted by Gasteiger charge is -2.09. The molecule has 9 heteroatoms. The van der Waals surface area contributed by atoms with Crippen LogP contribution in [-0.2, 0) is 19.1 Å². The Morgan fingerprint density at radius 3 is 2.50 bits per heavy atom. The summed E-state index contributed by atoms with van der Waals surface area (Å²) >= 11 is 0.729. The van der Waals surface area contributed by atoms with Gasteiger partial charge in [-0.2, -0.15) is 0 Å². The molecule has 1 aliphatic heterocycles. The number of imide groups is 1. The van der Waals surface area contributed by atoms with Gasteiger partial charge in [-0.1, -0.05) is 12.1 Å². The molecule has 0 saturated carbocycles. The summed E-state index contributed by atoms with van der Waals surface area (Å²) in [6, 6.07) is 6.33. The minimum absolute atomic E-state index is 0.183. The lowest BCUT2D eigenvalue weighted by molar-refractivity contribution is -0.143. The second-order valence-electron chi connectivity index (χ2n) is 4.60. The zero-order chi connectivity index (χ0) is 17.7. The smallest absolute Gasteiger partial charge is 0.341 e. The van der Waals surface area contributed by atoms with E-state index in [4.69, 9.17) is 9.84 Å². The Morgan fingerprint density at radius 1 is 1.25 bits per heavy atom. The number of hydrogen-bond donors (Lipinski definition) is 1. The number of amides is 2. The predicted octanol–water partition coefficient (Wildman–Crippen LogP) is 1.36. The molecule has 1 fully saturated rings. The first kappa shape index (κ1) is 17.5. The number of thioether (sulfide) groups is 1. The number of aliphatic carboxylic acids is 1. The van der Waals surface area contributed by atoms with Gasteiger partial charge in [-0.3, -0.25) is 19.3 Å². The highest BCUT2D eigenvalue weighted by Gasteiger charge is 2.36. The van der Waals surface area contributed by atoms with Gasteiger partial charge in [0.2, 0.25) is 0 Å². The summed E-state index contributed by atoms with van der Waals surface area (Å²) < 4.78 is 9.44. The van der Waals surface area contributed by atoms with Crippen LogP contribution < -0.4 is 4.74 Å². The van der Waals surface area contributed by atoms with E-state index in [1.54, 1.807) is 24.3 Å². The first-order valence-electron chi connectivity index (χ1n) is 6.67. The number of methoxy groups -OCH3 is 1. The minimum atomic E-state index is -1.08. The van der Waals surface area contributed by atoms with Crippen LogP contribution in [0.4, 0.5) is 4.79 Å². The van der Waals surface area contributed by atoms with Gasteiger partial charge in [-0.25, -0.2) is 4.79 Å². The number of benzene rings is 1. The molecule has 1 saturated heterocycles. The molecule has 1 heterocycles. The molecule has 0 bridgehead atoms. The van der Waals surface area contributed by atoms with Crippen LogP contribution in [0.1, 0.15) is 5.56 Å². The maximum atomic E-state index is 12.1. The summed E-state index contributed by atoms with van der Waals surface area (Å²) in [6.07, 6.45) is 1.50. The van der Waals surface area contributed by atoms with E-state index in [1.807, 2.05) is 0 Å². The topological polar surface area (TPSA) is 110 Å². The number of rotatable bonds is 6. The molecule has 0 spiro atoms. The van der Waals surface area contributed by atoms with Crippen molar-refractivity contribution >= 4 is 40.9 Å². The highest BCUT2D eigenvalue weighted by Crippen LogP contribution is 2.32. The van der Waals surface area contributed by atoms with Crippen LogP contribution in [0.25, 0.3) is 6.08 Å². The molecule has 24 heavy (non-hydrogen) atoms. The molecule has 1 aromatic rings. The standard InChI is InChI=1S/C15H13NO7S/c1-22-13(19)7-16-14(20)11(24-15(16)21)6-9-2-4-10(5-3-9)23-8-12(17)18/h2-6H,7-8H2,1H3,(H,17,18)/b11-6+. The van der Waals surface area contributed by atoms with Gasteiger partial charge >= 0.3 is 11.9 Å². The van der Waals surface area contributed by atoms with Crippen LogP contribution in [0, 0.1) is 0 Å². The molecule has 8 nitrogen and oxygen atoms in total. The van der Waals surface area contributed by atoms with Gasteiger partial charge in [-0.15, -0.1) is 0 Å². The molecule has 0 unspecified atom stereocenters. The molecular formula is C15H13NO7S. The van der Waals surface area contributed by atoms with E-state index in [2.05, 4.69) is 4.74 Å². The molecule has 0 aliphatic carbocycles. The van der Waals surface area contributed by atoms with Crippen molar-refractivity contribution in [2.75, 3.05) is 20.3 Å². The number of esters is 1. The van der Waals surface area contributed by atoms with E-state index < -0.39 is 36.2 Å². The van der Waals surface area contributed by atoms with Gasteiger partial charge in [0.25, 0.3) is 11.1 Å². The summed E-state index contributed by atoms with van der Waals surface area (Å²) in [5, 5.41) is 7.99. The fraction of sp³-hybridized carbons (Fsp3) is 0.200. The number of nitrogens with zero attached hydrogens (tertiary/aromatic N) is 1. The molecule has 2 rings (SSSR count). The van der Waals surface area contributed by atoms with E-state index in [0.717, 1.165) is 16.7 Å². The van der Waals surface area contributed by atoms with Crippen molar-refractivity contribution in [3.8, 4) is 5.75 Å². The van der Waals surface area contributed by atoms with Gasteiger partial charge in [-0.05, 0) is 35.5 Å². The zero-order valence-corrected chi connectivity index (χ0v) is 13.4. The summed E-state index contributed by atoms with van der Waals surface area (Å²) in [5.74, 6) is -1.97. The Morgan fingerprint density at radius 2 is 1.92 bits per heavy atom. The van der Waals surface area contributed by atoms with E-state index in [9.17, 15) is 19.2 Å². The first-order valence-corrected chi connectivity index (χ1v) is 7.49. The number of carbonyl (C=O) groups excluding carboxylic acids is 3. The van der Waals surface area contributed by atoms with Gasteiger partial charge in [0.05, 0.1) is 12.0 Å². The van der Waals surface area contributed by atoms with Gasteiger partial charge in [0.15, 0.2) is 6.61 Å². The fourth-order valence-electron chi connectivity index (χ4n) is 1.79. The van der Waals surface area contributed by atoms with Crippen molar-refractivity contribution in [1.29, 1.82) is 0 Å². The molecule has 0 atom stereocenters. The lowest BCUT2D eigenvalue weighted by atomic mass is 10.2. The Balaban J connectivity index is 2.08. The number of carboxylic acid groups (broad SMARTS) is 1. The Kier molecular flexibility index (Phi) is 5.59. The molecule has 1 N–H and O–H groups in total. The monoisotopic (exact) mass is 351 g/mol. The predicted molar refractivity (Wildman–Crippen MR) is 84.3 cm³/mol. The van der Waals surface area contributed by atoms with Gasteiger partial charge in [0.1, 0.15) is 12.3 Å². The van der Waals surface area contributed by atoms with Crippen molar-refractivity contribution in [3.05, 3.63) is 34.7 Å². The van der Waals surface area contributed by atoms with Crippen molar-refractivity contribution in [1.82, 2.24) is 4.90 Å². The van der Waals surface area contributed by atoms with Crippen LogP contribution in [0.2, 0.25) is 0 Å². The second kappa shape index (κ2) is 7.64. The zero-order valence-electron chi connectivity index (χ0n) is 12.6. The highest BCUT2D eigenvalue weighted by molar-refractivity contribution is 8.18. The normalized spacial score (nSPS) is 15.7. The lowest BCUT2D eigenvalue weighted by Crippen LogP contribution is -2.34. The summed E-state index contributed by atoms with van der Waals surface area (Å²) in [4.78, 5) is 46.6. The third-order valence-corrected chi connectivity index (χ3v) is 3.84. The van der Waals surface area contributed by atoms with Crippen molar-refractivity contribution in [2.45, 2.75) is 0 Å². The van der Waals surface area contributed by atoms with Crippen LogP contribution in [0.3, 0.4) is 0 Å². The number of ether oxygens (including phenoxy) is 2. The highest BCUT2D eigenvalue weighted by atomic mass is 32.2. The minimum Gasteiger partial charge on any atom is -0.482 e. The number of carbonyl (C=O) groups is 4. The molecule has 0 aromatic heterocycles. The molecule has 1 aromatic carbocycles. The van der Waals surface area contributed by atoms with E-state index in [1.165, 1.54) is 13.2 Å². The van der Waals surface area contributed by atoms with Gasteiger partial charge < -0.3 is 14.6 Å². The quantitative estimate of drug-likeness (QED) is 0.604. The average molecular weight is 351 g/mol. The summed E-state index contributed by atoms with van der Waals surface area (Å²) in [6.45, 7) is -0.883. The summed E-state index contributed by atoms with van der Waals surface area (Å²) in [7, 11) is 1.17. The third kappa shape index (κ3) is 4.35. The van der Waals surface area contributed by atoms with Gasteiger partial charge in [0, 0.05) is 0 Å². The maximum absolute atomic E-state index is 12.1. The molecule has 1 aliphatic rings. The second-order valence-corrected chi connectivity index (χ2v) is 5.59. The largest absolute Gasteiger partial charge is 0.482 e. The van der Waals surface area contributed by atoms with Crippen LogP contribution >= 0.6 is 11.8 Å². The van der Waals surface area contributed by atoms with E-state index in [0.29, 0.717) is 11.3 Å². The van der Waals surface area contributed by atoms with Crippen molar-refractivity contribution in [2.24, 2.45) is 0 Å². The average Bonchev–Trinajstić information content (AvgIpc) is 2.81. The number of hydrogen-bond acceptors (Lipinski definition) is 7. The number of carboxylic acids is 1. The molecular weight excluding hydrogens is 338 g/mol. The SMILES string of the molecule is COC(=O)CN1C(=O)S/C(=C/c2ccc(OCC(=O)O)cc2)C1=O. The van der Waals surface area contributed by atoms with Crippen LogP contribution in [-0.4, -0.2) is 53.4 Å². The molecule has 2 amide bonds. The Labute approximate surface area is 141 Å². The first-order chi connectivity index (χ1) is 11.4. The van der Waals surface area contributed by atoms with E-state index in [-0.39, 0.29) is 4.91 Å². The fourth-order valence-corrected chi connectivity index (χ4v) is 2.62. The van der Waals surface area contributed by atoms with E-state index >= 15 is 0 Å². The van der Waals surface area contributed by atoms with Crippen molar-refractivity contribution in [3.63, 3.8) is 0 Å². The molecule has 126 valence electrons. The Bertz CT molecular complexity index is 711. The molecule has 0 radical (unpaired) electrons. The Hall–Kier alpha value is -2.81. The van der Waals surface area contributed by atoms with Crippen molar-refractivity contribution < 1.29 is 33.8 Å². The van der Waals surface area contributed by atoms with Crippen LogP contribution in [0.5, 0.6) is 5.75 Å².